The van der Waals surface area contributed by atoms with E-state index in [-0.39, 0.29) is 67.1 Å². The van der Waals surface area contributed by atoms with E-state index in [4.69, 9.17) is 42.6 Å². The quantitative estimate of drug-likeness (QED) is 0.214. The number of hydrogen-bond acceptors (Lipinski definition) is 14. The van der Waals surface area contributed by atoms with Crippen LogP contribution in [0.1, 0.15) is 119 Å². The van der Waals surface area contributed by atoms with E-state index in [1.165, 1.54) is 6.08 Å². The molecule has 4 saturated carbocycles. The summed E-state index contributed by atoms with van der Waals surface area (Å²) >= 11 is 0. The Labute approximate surface area is 342 Å². The van der Waals surface area contributed by atoms with Crippen LogP contribution in [0.3, 0.4) is 0 Å². The summed E-state index contributed by atoms with van der Waals surface area (Å²) in [6.45, 7) is 14.2. The zero-order valence-corrected chi connectivity index (χ0v) is 35.3. The summed E-state index contributed by atoms with van der Waals surface area (Å²) in [5, 5.41) is 46.6. The van der Waals surface area contributed by atoms with Crippen LogP contribution in [-0.2, 0) is 47.4 Å². The fourth-order valence-corrected chi connectivity index (χ4v) is 13.8. The average Bonchev–Trinajstić information content (AvgIpc) is 3.77. The molecule has 14 heteroatoms. The molecule has 21 atom stereocenters. The summed E-state index contributed by atoms with van der Waals surface area (Å²) < 4.78 is 55.2. The lowest BCUT2D eigenvalue weighted by atomic mass is 9.43. The Balaban J connectivity index is 0.762. The fraction of sp³-hybridized carbons (Fsp3) is 0.932. The van der Waals surface area contributed by atoms with Gasteiger partial charge in [-0.3, -0.25) is 0 Å². The van der Waals surface area contributed by atoms with Gasteiger partial charge in [-0.1, -0.05) is 13.8 Å². The number of cyclic esters (lactones) is 1. The van der Waals surface area contributed by atoms with E-state index in [0.717, 1.165) is 50.5 Å². The molecule has 58 heavy (non-hydrogen) atoms. The summed E-state index contributed by atoms with van der Waals surface area (Å²) in [6, 6.07) is 0. The first-order chi connectivity index (χ1) is 27.4. The molecule has 8 fully saturated rings. The number of esters is 1. The normalized spacial score (nSPS) is 55.2. The lowest BCUT2D eigenvalue weighted by Gasteiger charge is -2.63. The summed E-state index contributed by atoms with van der Waals surface area (Å²) in [5.74, 6) is -0.469. The highest BCUT2D eigenvalue weighted by atomic mass is 16.8. The molecule has 5 heterocycles. The van der Waals surface area contributed by atoms with Gasteiger partial charge in [0.2, 0.25) is 0 Å². The second-order valence-electron chi connectivity index (χ2n) is 20.5. The van der Waals surface area contributed by atoms with Crippen LogP contribution in [0.2, 0.25) is 0 Å². The summed E-state index contributed by atoms with van der Waals surface area (Å²) in [7, 11) is 0. The minimum Gasteiger partial charge on any atom is -0.458 e. The second kappa shape index (κ2) is 15.2. The maximum atomic E-state index is 12.6. The molecule has 0 aromatic rings. The molecule has 5 aliphatic heterocycles. The first-order valence-electron chi connectivity index (χ1n) is 22.3. The number of carbonyl (C=O) groups excluding carboxylic acids is 1. The Bertz CT molecular complexity index is 1550. The lowest BCUT2D eigenvalue weighted by Crippen LogP contribution is -2.62. The van der Waals surface area contributed by atoms with Crippen molar-refractivity contribution in [3.05, 3.63) is 11.6 Å². The number of carbonyl (C=O) groups is 1. The van der Waals surface area contributed by atoms with Gasteiger partial charge in [-0.2, -0.15) is 0 Å². The molecular weight excluding hydrogens is 752 g/mol. The van der Waals surface area contributed by atoms with Crippen LogP contribution in [0, 0.1) is 34.5 Å². The van der Waals surface area contributed by atoms with Crippen LogP contribution < -0.4 is 0 Å². The number of aliphatic hydroxyl groups is 4. The van der Waals surface area contributed by atoms with Crippen molar-refractivity contribution in [3.8, 4) is 0 Å². The summed E-state index contributed by atoms with van der Waals surface area (Å²) in [5.41, 5.74) is -0.655. The van der Waals surface area contributed by atoms with Crippen LogP contribution in [0.25, 0.3) is 0 Å². The van der Waals surface area contributed by atoms with E-state index >= 15 is 0 Å². The van der Waals surface area contributed by atoms with Crippen molar-refractivity contribution in [1.82, 2.24) is 0 Å². The molecule has 0 amide bonds. The molecule has 14 nitrogen and oxygen atoms in total. The van der Waals surface area contributed by atoms with Gasteiger partial charge in [-0.05, 0) is 108 Å². The van der Waals surface area contributed by atoms with E-state index in [2.05, 4.69) is 13.8 Å². The lowest BCUT2D eigenvalue weighted by molar-refractivity contribution is -0.334. The van der Waals surface area contributed by atoms with Crippen LogP contribution >= 0.6 is 0 Å². The molecule has 9 aliphatic rings. The molecule has 4 N–H and O–H groups in total. The van der Waals surface area contributed by atoms with Gasteiger partial charge in [0.25, 0.3) is 0 Å². The minimum atomic E-state index is -1.01. The largest absolute Gasteiger partial charge is 0.458 e. The van der Waals surface area contributed by atoms with Crippen molar-refractivity contribution in [2.45, 2.75) is 216 Å². The van der Waals surface area contributed by atoms with Crippen molar-refractivity contribution >= 4 is 5.97 Å². The molecule has 0 bridgehead atoms. The predicted octanol–water partition coefficient (Wildman–Crippen LogP) is 4.02. The van der Waals surface area contributed by atoms with Gasteiger partial charge in [-0.25, -0.2) is 4.79 Å². The van der Waals surface area contributed by atoms with Gasteiger partial charge in [0.05, 0.1) is 54.4 Å². The van der Waals surface area contributed by atoms with Gasteiger partial charge < -0.3 is 63.1 Å². The molecule has 4 aliphatic carbocycles. The van der Waals surface area contributed by atoms with E-state index < -0.39 is 78.4 Å². The topological polar surface area (TPSA) is 181 Å². The van der Waals surface area contributed by atoms with Gasteiger partial charge in [0.15, 0.2) is 24.7 Å². The minimum absolute atomic E-state index is 0.00571. The molecule has 328 valence electrons. The highest BCUT2D eigenvalue weighted by Gasteiger charge is 2.70. The van der Waals surface area contributed by atoms with Crippen molar-refractivity contribution in [1.29, 1.82) is 0 Å². The molecule has 0 unspecified atom stereocenters. The third-order valence-electron chi connectivity index (χ3n) is 16.6. The Kier molecular flexibility index (Phi) is 11.0. The zero-order valence-electron chi connectivity index (χ0n) is 35.3. The molecule has 9 rings (SSSR count). The predicted molar refractivity (Wildman–Crippen MR) is 204 cm³/mol. The van der Waals surface area contributed by atoms with Gasteiger partial charge >= 0.3 is 5.97 Å². The number of hydrogen-bond donors (Lipinski definition) is 4. The first kappa shape index (κ1) is 42.1. The molecule has 0 aromatic carbocycles. The van der Waals surface area contributed by atoms with Crippen LogP contribution in [0.15, 0.2) is 11.6 Å². The van der Waals surface area contributed by atoms with Gasteiger partial charge in [0.1, 0.15) is 24.9 Å². The monoisotopic (exact) mass is 820 g/mol. The smallest absolute Gasteiger partial charge is 0.331 e. The molecule has 4 saturated heterocycles. The SMILES string of the molecule is C[C@H]1O[C@@H](O[C@H]2[C@@H](O)C[C@H](O[C@H]3[C@@H](O)C[C@H](O[C@H]4CC[C@@]5(C)[C@H](CC[C@@H]6[C@@H]5CC[C@]5(C)[C@@H](C7=CC(=O)OC7)[C@@H](O)C[C@]65O)C4)O[C@@H]3C)O[C@@H]2C)C[C@@H]2OC(C)(C)O[C@@H]21. The highest BCUT2D eigenvalue weighted by molar-refractivity contribution is 5.85. The van der Waals surface area contributed by atoms with Crippen molar-refractivity contribution in [3.63, 3.8) is 0 Å². The van der Waals surface area contributed by atoms with Crippen LogP contribution in [-0.4, -0.2) is 130 Å². The van der Waals surface area contributed by atoms with E-state index in [1.807, 2.05) is 34.6 Å². The molecule has 0 radical (unpaired) electrons. The van der Waals surface area contributed by atoms with Crippen molar-refractivity contribution in [2.24, 2.45) is 34.5 Å². The Morgan fingerprint density at radius 3 is 1.98 bits per heavy atom. The van der Waals surface area contributed by atoms with Gasteiger partial charge in [0, 0.05) is 43.1 Å². The average molecular weight is 821 g/mol. The third kappa shape index (κ3) is 7.14. The standard InChI is InChI=1S/C44H68O14/c1-21-38(55-35-17-30(46)39(22(2)52-35)56-36-18-32-40(23(3)53-36)58-41(4,5)57-32)29(45)16-34(51-21)54-26-10-12-42(6)25(15-26)8-9-28-27(42)11-13-43(7)37(24-14-33(48)50-20-24)31(47)19-44(28,43)49/h14,21-23,25-32,34-40,45-47,49H,8-13,15-20H2,1-7H3/t21-,22-,23-,25-,26+,27+,28-,29+,30+,31+,32+,34+,35+,36+,37+,38-,39-,40-,42+,43-,44+/m1/s1. The fourth-order valence-electron chi connectivity index (χ4n) is 13.8. The Morgan fingerprint density at radius 1 is 0.707 bits per heavy atom. The molecule has 0 spiro atoms. The van der Waals surface area contributed by atoms with Crippen LogP contribution in [0.4, 0.5) is 0 Å². The van der Waals surface area contributed by atoms with E-state index in [0.29, 0.717) is 24.7 Å². The molecule has 0 aromatic heterocycles. The first-order valence-corrected chi connectivity index (χ1v) is 22.3. The molecular formula is C44H68O14. The maximum absolute atomic E-state index is 12.6. The second-order valence-corrected chi connectivity index (χ2v) is 20.5. The Morgan fingerprint density at radius 2 is 1.34 bits per heavy atom. The van der Waals surface area contributed by atoms with E-state index in [9.17, 15) is 25.2 Å². The summed E-state index contributed by atoms with van der Waals surface area (Å²) in [4.78, 5) is 12.0. The maximum Gasteiger partial charge on any atom is 0.331 e. The number of aliphatic hydroxyl groups excluding tert-OH is 3. The Hall–Kier alpha value is -1.27. The van der Waals surface area contributed by atoms with Crippen molar-refractivity contribution < 1.29 is 67.9 Å². The number of ether oxygens (including phenoxy) is 9. The van der Waals surface area contributed by atoms with Crippen molar-refractivity contribution in [2.75, 3.05) is 6.61 Å². The zero-order chi connectivity index (χ0) is 41.1. The van der Waals surface area contributed by atoms with E-state index in [1.54, 1.807) is 0 Å². The van der Waals surface area contributed by atoms with Crippen LogP contribution in [0.5, 0.6) is 0 Å². The number of rotatable bonds is 7. The summed E-state index contributed by atoms with van der Waals surface area (Å²) in [6.07, 6.45) is 2.02. The highest BCUT2D eigenvalue weighted by Crippen LogP contribution is 2.70. The number of fused-ring (bicyclic) bond motifs is 6. The third-order valence-corrected chi connectivity index (χ3v) is 16.6. The van der Waals surface area contributed by atoms with Gasteiger partial charge in [-0.15, -0.1) is 0 Å².